The van der Waals surface area contributed by atoms with Crippen LogP contribution in [0.4, 0.5) is 0 Å². The fourth-order valence-corrected chi connectivity index (χ4v) is 2.23. The first-order valence-corrected chi connectivity index (χ1v) is 6.19. The molecule has 2 nitrogen and oxygen atoms in total. The quantitative estimate of drug-likeness (QED) is 0.821. The van der Waals surface area contributed by atoms with E-state index < -0.39 is 0 Å². The second-order valence-corrected chi connectivity index (χ2v) is 4.51. The minimum atomic E-state index is 0.575. The fourth-order valence-electron chi connectivity index (χ4n) is 1.41. The maximum Gasteiger partial charge on any atom is 0.0509 e. The average molecular weight is 230 g/mol. The molecule has 82 valence electrons. The summed E-state index contributed by atoms with van der Waals surface area (Å²) in [5, 5.41) is 0. The number of pyridine rings is 1. The number of nitrogens with zero attached hydrogens (tertiary/aromatic N) is 1. The molecule has 1 heterocycles. The Bertz CT molecular complexity index is 443. The summed E-state index contributed by atoms with van der Waals surface area (Å²) in [5.41, 5.74) is 7.81. The van der Waals surface area contributed by atoms with Crippen LogP contribution in [-0.4, -0.2) is 4.98 Å². The Kier molecular flexibility index (Phi) is 3.97. The van der Waals surface area contributed by atoms with E-state index in [4.69, 9.17) is 5.73 Å². The molecule has 0 atom stereocenters. The van der Waals surface area contributed by atoms with Crippen molar-refractivity contribution in [1.29, 1.82) is 0 Å². The molecule has 0 aliphatic heterocycles. The van der Waals surface area contributed by atoms with Crippen LogP contribution in [0, 0.1) is 0 Å². The predicted octanol–water partition coefficient (Wildman–Crippen LogP) is 2.83. The maximum absolute atomic E-state index is 5.59. The minimum absolute atomic E-state index is 0.575. The van der Waals surface area contributed by atoms with Crippen molar-refractivity contribution in [3.05, 3.63) is 59.9 Å². The third-order valence-electron chi connectivity index (χ3n) is 2.25. The van der Waals surface area contributed by atoms with Crippen LogP contribution in [0.2, 0.25) is 0 Å². The molecule has 2 aromatic rings. The van der Waals surface area contributed by atoms with E-state index in [0.29, 0.717) is 6.54 Å². The van der Waals surface area contributed by atoms with Crippen molar-refractivity contribution in [1.82, 2.24) is 4.98 Å². The number of hydrogen-bond donors (Lipinski definition) is 1. The number of hydrogen-bond acceptors (Lipinski definition) is 3. The molecule has 0 saturated heterocycles. The molecule has 2 rings (SSSR count). The van der Waals surface area contributed by atoms with Gasteiger partial charge in [-0.25, -0.2) is 0 Å². The first-order chi connectivity index (χ1) is 7.88. The molecule has 1 aromatic carbocycles. The van der Waals surface area contributed by atoms with Crippen LogP contribution < -0.4 is 5.73 Å². The monoisotopic (exact) mass is 230 g/mol. The molecule has 0 radical (unpaired) electrons. The first-order valence-electron chi connectivity index (χ1n) is 5.20. The lowest BCUT2D eigenvalue weighted by Crippen LogP contribution is -1.98. The molecule has 0 aliphatic rings. The first kappa shape index (κ1) is 11.2. The van der Waals surface area contributed by atoms with Crippen molar-refractivity contribution in [3.8, 4) is 0 Å². The van der Waals surface area contributed by atoms with Gasteiger partial charge < -0.3 is 5.73 Å². The van der Waals surface area contributed by atoms with Crippen LogP contribution in [0.5, 0.6) is 0 Å². The Hall–Kier alpha value is -1.32. The Labute approximate surface area is 99.9 Å². The molecule has 0 aliphatic carbocycles. The molecule has 16 heavy (non-hydrogen) atoms. The van der Waals surface area contributed by atoms with E-state index in [2.05, 4.69) is 23.2 Å². The highest BCUT2D eigenvalue weighted by Gasteiger charge is 1.98. The average Bonchev–Trinajstić information content (AvgIpc) is 2.38. The molecule has 2 N–H and O–H groups in total. The standard InChI is InChI=1S/C13H14N2S/c14-9-11-6-7-15-12(8-11)10-16-13-4-2-1-3-5-13/h1-8H,9-10,14H2. The lowest BCUT2D eigenvalue weighted by molar-refractivity contribution is 1.04. The van der Waals surface area contributed by atoms with Gasteiger partial charge in [-0.1, -0.05) is 18.2 Å². The number of nitrogens with two attached hydrogens (primary N) is 1. The molecule has 0 saturated carbocycles. The van der Waals surface area contributed by atoms with Crippen molar-refractivity contribution < 1.29 is 0 Å². The normalized spacial score (nSPS) is 10.3. The highest BCUT2D eigenvalue weighted by Crippen LogP contribution is 2.21. The van der Waals surface area contributed by atoms with Gasteiger partial charge in [0.25, 0.3) is 0 Å². The maximum atomic E-state index is 5.59. The summed E-state index contributed by atoms with van der Waals surface area (Å²) in [6.07, 6.45) is 1.82. The van der Waals surface area contributed by atoms with Crippen molar-refractivity contribution in [2.45, 2.75) is 17.2 Å². The van der Waals surface area contributed by atoms with E-state index in [9.17, 15) is 0 Å². The van der Waals surface area contributed by atoms with E-state index in [1.54, 1.807) is 11.8 Å². The molecule has 0 fully saturated rings. The summed E-state index contributed by atoms with van der Waals surface area (Å²) in [7, 11) is 0. The molecular weight excluding hydrogens is 216 g/mol. The molecule has 0 bridgehead atoms. The van der Waals surface area contributed by atoms with Crippen LogP contribution >= 0.6 is 11.8 Å². The summed E-state index contributed by atoms with van der Waals surface area (Å²) >= 11 is 1.79. The van der Waals surface area contributed by atoms with Crippen LogP contribution in [0.15, 0.2) is 53.6 Å². The lowest BCUT2D eigenvalue weighted by atomic mass is 10.2. The summed E-state index contributed by atoms with van der Waals surface area (Å²) in [5.74, 6) is 0.887. The summed E-state index contributed by atoms with van der Waals surface area (Å²) in [6, 6.07) is 14.4. The van der Waals surface area contributed by atoms with Gasteiger partial charge in [0, 0.05) is 23.4 Å². The van der Waals surface area contributed by atoms with Gasteiger partial charge in [0.2, 0.25) is 0 Å². The third kappa shape index (κ3) is 3.08. The summed E-state index contributed by atoms with van der Waals surface area (Å²) < 4.78 is 0. The smallest absolute Gasteiger partial charge is 0.0509 e. The second kappa shape index (κ2) is 5.68. The van der Waals surface area contributed by atoms with Gasteiger partial charge in [-0.2, -0.15) is 0 Å². The number of aromatic nitrogens is 1. The van der Waals surface area contributed by atoms with Crippen molar-refractivity contribution in [2.75, 3.05) is 0 Å². The van der Waals surface area contributed by atoms with Gasteiger partial charge in [-0.05, 0) is 29.8 Å². The zero-order chi connectivity index (χ0) is 11.2. The number of thioether (sulfide) groups is 1. The van der Waals surface area contributed by atoms with Crippen molar-refractivity contribution >= 4 is 11.8 Å². The zero-order valence-electron chi connectivity index (χ0n) is 8.97. The molecular formula is C13H14N2S. The van der Waals surface area contributed by atoms with Crippen LogP contribution in [0.25, 0.3) is 0 Å². The molecule has 0 unspecified atom stereocenters. The summed E-state index contributed by atoms with van der Waals surface area (Å²) in [6.45, 7) is 0.575. The Morgan fingerprint density at radius 1 is 1.12 bits per heavy atom. The van der Waals surface area contributed by atoms with E-state index in [1.165, 1.54) is 4.90 Å². The number of rotatable bonds is 4. The highest BCUT2D eigenvalue weighted by atomic mass is 32.2. The van der Waals surface area contributed by atoms with E-state index in [0.717, 1.165) is 17.0 Å². The lowest BCUT2D eigenvalue weighted by Gasteiger charge is -2.02. The van der Waals surface area contributed by atoms with Crippen LogP contribution in [0.1, 0.15) is 11.3 Å². The Morgan fingerprint density at radius 2 is 1.94 bits per heavy atom. The van der Waals surface area contributed by atoms with Crippen LogP contribution in [-0.2, 0) is 12.3 Å². The second-order valence-electron chi connectivity index (χ2n) is 3.46. The Morgan fingerprint density at radius 3 is 2.69 bits per heavy atom. The van der Waals surface area contributed by atoms with Gasteiger partial charge in [0.1, 0.15) is 0 Å². The molecule has 3 heteroatoms. The number of benzene rings is 1. The molecule has 0 amide bonds. The van der Waals surface area contributed by atoms with Gasteiger partial charge in [0.05, 0.1) is 5.69 Å². The minimum Gasteiger partial charge on any atom is -0.326 e. The van der Waals surface area contributed by atoms with Gasteiger partial charge in [0.15, 0.2) is 0 Å². The topological polar surface area (TPSA) is 38.9 Å². The van der Waals surface area contributed by atoms with E-state index in [-0.39, 0.29) is 0 Å². The molecule has 0 spiro atoms. The fraction of sp³-hybridized carbons (Fsp3) is 0.154. The predicted molar refractivity (Wildman–Crippen MR) is 68.1 cm³/mol. The van der Waals surface area contributed by atoms with Gasteiger partial charge >= 0.3 is 0 Å². The van der Waals surface area contributed by atoms with E-state index in [1.807, 2.05) is 30.5 Å². The largest absolute Gasteiger partial charge is 0.326 e. The highest BCUT2D eigenvalue weighted by molar-refractivity contribution is 7.98. The molecule has 1 aromatic heterocycles. The van der Waals surface area contributed by atoms with Crippen LogP contribution in [0.3, 0.4) is 0 Å². The zero-order valence-corrected chi connectivity index (χ0v) is 9.78. The van der Waals surface area contributed by atoms with Crippen molar-refractivity contribution in [3.63, 3.8) is 0 Å². The Balaban J connectivity index is 1.99. The van der Waals surface area contributed by atoms with Crippen molar-refractivity contribution in [2.24, 2.45) is 5.73 Å². The summed E-state index contributed by atoms with van der Waals surface area (Å²) in [4.78, 5) is 5.59. The van der Waals surface area contributed by atoms with E-state index >= 15 is 0 Å². The van der Waals surface area contributed by atoms with Gasteiger partial charge in [-0.3, -0.25) is 4.98 Å². The SMILES string of the molecule is NCc1ccnc(CSc2ccccc2)c1. The third-order valence-corrected chi connectivity index (χ3v) is 3.29. The van der Waals surface area contributed by atoms with Gasteiger partial charge in [-0.15, -0.1) is 11.8 Å².